The highest BCUT2D eigenvalue weighted by molar-refractivity contribution is 8.00. The number of hydrogen-bond donors (Lipinski definition) is 2. The minimum atomic E-state index is -0.930. The second kappa shape index (κ2) is 9.60. The largest absolute Gasteiger partial charge is 0.452 e. The van der Waals surface area contributed by atoms with E-state index in [2.05, 4.69) is 16.7 Å². The summed E-state index contributed by atoms with van der Waals surface area (Å²) >= 11 is 1.23. The highest BCUT2D eigenvalue weighted by Crippen LogP contribution is 2.39. The van der Waals surface area contributed by atoms with Gasteiger partial charge >= 0.3 is 5.97 Å². The van der Waals surface area contributed by atoms with Gasteiger partial charge in [0.25, 0.3) is 5.91 Å². The summed E-state index contributed by atoms with van der Waals surface area (Å²) < 4.78 is 5.12. The Morgan fingerprint density at radius 1 is 1.29 bits per heavy atom. The highest BCUT2D eigenvalue weighted by Gasteiger charge is 2.43. The van der Waals surface area contributed by atoms with Crippen LogP contribution in [0.3, 0.4) is 0 Å². The van der Waals surface area contributed by atoms with E-state index in [1.54, 1.807) is 31.2 Å². The van der Waals surface area contributed by atoms with Crippen molar-refractivity contribution in [1.82, 2.24) is 10.6 Å². The molecule has 150 valence electrons. The molecule has 1 fully saturated rings. The number of benzene rings is 1. The second-order valence-electron chi connectivity index (χ2n) is 7.22. The molecule has 2 rings (SSSR count). The Bertz CT molecular complexity index is 786. The molecule has 1 aliphatic rings. The molecule has 0 radical (unpaired) electrons. The molecule has 1 aromatic rings. The first kappa shape index (κ1) is 21.8. The average Bonchev–Trinajstić information content (AvgIpc) is 3.50. The molecule has 2 N–H and O–H groups in total. The molecule has 1 atom stereocenters. The fraction of sp³-hybridized carbons (Fsp3) is 0.500. The van der Waals surface area contributed by atoms with E-state index in [-0.39, 0.29) is 23.6 Å². The molecular formula is C20H25N3O4S. The summed E-state index contributed by atoms with van der Waals surface area (Å²) in [5.41, 5.74) is -0.635. The molecule has 7 nitrogen and oxygen atoms in total. The van der Waals surface area contributed by atoms with Gasteiger partial charge in [0, 0.05) is 10.9 Å². The lowest BCUT2D eigenvalue weighted by atomic mass is 9.98. The van der Waals surface area contributed by atoms with Crippen LogP contribution in [0, 0.1) is 17.2 Å². The van der Waals surface area contributed by atoms with Crippen LogP contribution in [0.15, 0.2) is 29.2 Å². The number of amides is 2. The zero-order chi connectivity index (χ0) is 20.7. The number of nitrogens with zero attached hydrogens (tertiary/aromatic N) is 1. The van der Waals surface area contributed by atoms with Crippen LogP contribution in [0.25, 0.3) is 0 Å². The number of thioether (sulfide) groups is 1. The molecule has 0 aromatic heterocycles. The van der Waals surface area contributed by atoms with Gasteiger partial charge in [0.15, 0.2) is 6.61 Å². The zero-order valence-electron chi connectivity index (χ0n) is 16.3. The van der Waals surface area contributed by atoms with Crippen molar-refractivity contribution in [2.24, 2.45) is 5.92 Å². The topological polar surface area (TPSA) is 108 Å². The Balaban J connectivity index is 1.91. The van der Waals surface area contributed by atoms with E-state index in [4.69, 9.17) is 4.74 Å². The number of ether oxygens (including phenoxy) is 1. The van der Waals surface area contributed by atoms with Crippen molar-refractivity contribution >= 4 is 29.5 Å². The normalized spacial score (nSPS) is 15.2. The molecule has 1 saturated carbocycles. The van der Waals surface area contributed by atoms with E-state index >= 15 is 0 Å². The standard InChI is InChI=1S/C20H25N3O4S/c1-13(2)22-18(25)11-28-16-7-5-4-6-15(16)19(26)27-10-17(24)23-20(3,12-21)14-8-9-14/h4-7,13-14H,8-11H2,1-3H3,(H,22,25)(H,23,24)/t20-/m0/s1. The number of rotatable bonds is 9. The predicted octanol–water partition coefficient (Wildman–Crippen LogP) is 2.27. The minimum absolute atomic E-state index is 0.0431. The van der Waals surface area contributed by atoms with Crippen molar-refractivity contribution in [1.29, 1.82) is 5.26 Å². The fourth-order valence-electron chi connectivity index (χ4n) is 2.68. The molecule has 28 heavy (non-hydrogen) atoms. The third-order valence-electron chi connectivity index (χ3n) is 4.27. The van der Waals surface area contributed by atoms with Crippen LogP contribution in [-0.2, 0) is 14.3 Å². The Hall–Kier alpha value is -2.53. The molecule has 1 aliphatic carbocycles. The minimum Gasteiger partial charge on any atom is -0.452 e. The first-order valence-corrected chi connectivity index (χ1v) is 10.1. The van der Waals surface area contributed by atoms with Gasteiger partial charge in [0.1, 0.15) is 5.54 Å². The predicted molar refractivity (Wildman–Crippen MR) is 106 cm³/mol. The van der Waals surface area contributed by atoms with Gasteiger partial charge in [-0.2, -0.15) is 5.26 Å². The van der Waals surface area contributed by atoms with E-state index in [9.17, 15) is 19.6 Å². The van der Waals surface area contributed by atoms with Gasteiger partial charge in [-0.05, 0) is 51.7 Å². The van der Waals surface area contributed by atoms with Gasteiger partial charge in [-0.15, -0.1) is 11.8 Å². The summed E-state index contributed by atoms with van der Waals surface area (Å²) in [6, 6.07) is 8.94. The number of carbonyl (C=O) groups excluding carboxylic acids is 3. The van der Waals surface area contributed by atoms with Gasteiger partial charge in [-0.1, -0.05) is 12.1 Å². The summed E-state index contributed by atoms with van der Waals surface area (Å²) in [7, 11) is 0. The molecule has 2 amide bonds. The molecule has 0 spiro atoms. The Morgan fingerprint density at radius 2 is 1.96 bits per heavy atom. The monoisotopic (exact) mass is 403 g/mol. The number of hydrogen-bond acceptors (Lipinski definition) is 6. The molecule has 8 heteroatoms. The third-order valence-corrected chi connectivity index (χ3v) is 5.35. The van der Waals surface area contributed by atoms with Crippen molar-refractivity contribution < 1.29 is 19.1 Å². The first-order chi connectivity index (χ1) is 13.2. The molecule has 0 bridgehead atoms. The van der Waals surface area contributed by atoms with Gasteiger partial charge in [-0.25, -0.2) is 4.79 Å². The maximum absolute atomic E-state index is 12.4. The lowest BCUT2D eigenvalue weighted by molar-refractivity contribution is -0.125. The van der Waals surface area contributed by atoms with Crippen LogP contribution in [0.5, 0.6) is 0 Å². The van der Waals surface area contributed by atoms with Crippen LogP contribution in [0.4, 0.5) is 0 Å². The molecule has 0 unspecified atom stereocenters. The van der Waals surface area contributed by atoms with Crippen LogP contribution >= 0.6 is 11.8 Å². The Labute approximate surface area is 169 Å². The Morgan fingerprint density at radius 3 is 2.57 bits per heavy atom. The lowest BCUT2D eigenvalue weighted by Crippen LogP contribution is -2.48. The van der Waals surface area contributed by atoms with Gasteiger partial charge in [-0.3, -0.25) is 9.59 Å². The molecule has 0 heterocycles. The highest BCUT2D eigenvalue weighted by atomic mass is 32.2. The van der Waals surface area contributed by atoms with Crippen LogP contribution in [0.2, 0.25) is 0 Å². The molecule has 1 aromatic carbocycles. The quantitative estimate of drug-likeness (QED) is 0.484. The summed E-state index contributed by atoms with van der Waals surface area (Å²) in [6.07, 6.45) is 1.80. The Kier molecular flexibility index (Phi) is 7.46. The summed E-state index contributed by atoms with van der Waals surface area (Å²) in [5.74, 6) is -0.965. The van der Waals surface area contributed by atoms with E-state index in [0.717, 1.165) is 12.8 Å². The van der Waals surface area contributed by atoms with E-state index < -0.39 is 24.0 Å². The van der Waals surface area contributed by atoms with Gasteiger partial charge in [0.05, 0.1) is 17.4 Å². The second-order valence-corrected chi connectivity index (χ2v) is 8.24. The van der Waals surface area contributed by atoms with Crippen molar-refractivity contribution in [3.63, 3.8) is 0 Å². The summed E-state index contributed by atoms with van der Waals surface area (Å²) in [6.45, 7) is 4.97. The summed E-state index contributed by atoms with van der Waals surface area (Å²) in [4.78, 5) is 36.9. The molecule has 0 saturated heterocycles. The van der Waals surface area contributed by atoms with E-state index in [1.807, 2.05) is 13.8 Å². The summed E-state index contributed by atoms with van der Waals surface area (Å²) in [5, 5.41) is 14.7. The van der Waals surface area contributed by atoms with Crippen LogP contribution in [-0.4, -0.2) is 41.7 Å². The van der Waals surface area contributed by atoms with Crippen molar-refractivity contribution in [3.8, 4) is 6.07 Å². The number of nitrogens with one attached hydrogen (secondary N) is 2. The van der Waals surface area contributed by atoms with E-state index in [1.165, 1.54) is 11.8 Å². The van der Waals surface area contributed by atoms with Gasteiger partial charge in [0.2, 0.25) is 5.91 Å². The van der Waals surface area contributed by atoms with Crippen molar-refractivity contribution in [2.75, 3.05) is 12.4 Å². The smallest absolute Gasteiger partial charge is 0.339 e. The number of esters is 1. The molecular weight excluding hydrogens is 378 g/mol. The SMILES string of the molecule is CC(C)NC(=O)CSc1ccccc1C(=O)OCC(=O)N[C@@](C)(C#N)C1CC1. The average molecular weight is 404 g/mol. The third kappa shape index (κ3) is 6.27. The van der Waals surface area contributed by atoms with Crippen molar-refractivity contribution in [2.45, 2.75) is 50.1 Å². The maximum atomic E-state index is 12.4. The first-order valence-electron chi connectivity index (χ1n) is 9.15. The molecule has 0 aliphatic heterocycles. The van der Waals surface area contributed by atoms with Crippen molar-refractivity contribution in [3.05, 3.63) is 29.8 Å². The zero-order valence-corrected chi connectivity index (χ0v) is 17.1. The number of carbonyl (C=O) groups is 3. The van der Waals surface area contributed by atoms with E-state index in [0.29, 0.717) is 10.5 Å². The van der Waals surface area contributed by atoms with Crippen LogP contribution in [0.1, 0.15) is 44.0 Å². The maximum Gasteiger partial charge on any atom is 0.339 e. The lowest BCUT2D eigenvalue weighted by Gasteiger charge is -2.22. The van der Waals surface area contributed by atoms with Crippen LogP contribution < -0.4 is 10.6 Å². The fourth-order valence-corrected chi connectivity index (χ4v) is 3.54. The number of nitriles is 1. The van der Waals surface area contributed by atoms with Gasteiger partial charge < -0.3 is 15.4 Å².